The molecule has 1 aromatic rings. The van der Waals surface area contributed by atoms with Crippen LogP contribution in [-0.4, -0.2) is 18.1 Å². The van der Waals surface area contributed by atoms with Gasteiger partial charge in [-0.2, -0.15) is 0 Å². The van der Waals surface area contributed by atoms with Crippen LogP contribution >= 0.6 is 0 Å². The quantitative estimate of drug-likeness (QED) is 0.882. The van der Waals surface area contributed by atoms with Gasteiger partial charge in [-0.25, -0.2) is 8.78 Å². The lowest BCUT2D eigenvalue weighted by Gasteiger charge is -2.27. The molecule has 0 bridgehead atoms. The van der Waals surface area contributed by atoms with Crippen LogP contribution in [0.25, 0.3) is 0 Å². The number of nitrogens with two attached hydrogens (primary N) is 1. The Morgan fingerprint density at radius 3 is 2.47 bits per heavy atom. The fraction of sp³-hybridized carbons (Fsp3) is 0.600. The molecule has 2 nitrogen and oxygen atoms in total. The molecule has 1 aromatic carbocycles. The molecule has 0 unspecified atom stereocenters. The SMILES string of the molecule is N[C@H]1CC[C@@H](N[C@@H]2C[C@H]2c2ccc(F)c(F)c2)CC1. The zero-order valence-corrected chi connectivity index (χ0v) is 10.9. The molecular weight excluding hydrogens is 246 g/mol. The number of hydrogen-bond acceptors (Lipinski definition) is 2. The Hall–Kier alpha value is -1.00. The van der Waals surface area contributed by atoms with Crippen molar-refractivity contribution < 1.29 is 8.78 Å². The molecule has 2 aliphatic rings. The molecule has 2 saturated carbocycles. The summed E-state index contributed by atoms with van der Waals surface area (Å²) in [5.74, 6) is -1.17. The average Bonchev–Trinajstić information content (AvgIpc) is 3.15. The first kappa shape index (κ1) is 13.0. The van der Waals surface area contributed by atoms with Gasteiger partial charge >= 0.3 is 0 Å². The molecule has 104 valence electrons. The normalized spacial score (nSPS) is 34.3. The van der Waals surface area contributed by atoms with Crippen LogP contribution in [0.4, 0.5) is 8.78 Å². The minimum Gasteiger partial charge on any atom is -0.328 e. The average molecular weight is 266 g/mol. The van der Waals surface area contributed by atoms with E-state index in [-0.39, 0.29) is 0 Å². The molecule has 4 heteroatoms. The van der Waals surface area contributed by atoms with Crippen molar-refractivity contribution in [1.82, 2.24) is 5.32 Å². The molecule has 0 saturated heterocycles. The minimum absolute atomic E-state index is 0.339. The van der Waals surface area contributed by atoms with Gasteiger partial charge in [-0.05, 0) is 49.8 Å². The Morgan fingerprint density at radius 1 is 1.05 bits per heavy atom. The third-order valence-corrected chi connectivity index (χ3v) is 4.38. The summed E-state index contributed by atoms with van der Waals surface area (Å²) < 4.78 is 26.1. The summed E-state index contributed by atoms with van der Waals surface area (Å²) >= 11 is 0. The molecule has 0 spiro atoms. The zero-order valence-electron chi connectivity index (χ0n) is 10.9. The Bertz CT molecular complexity index is 455. The number of nitrogens with one attached hydrogen (secondary N) is 1. The number of hydrogen-bond donors (Lipinski definition) is 2. The van der Waals surface area contributed by atoms with E-state index in [1.807, 2.05) is 0 Å². The van der Waals surface area contributed by atoms with Gasteiger partial charge in [0, 0.05) is 24.0 Å². The largest absolute Gasteiger partial charge is 0.328 e. The molecule has 3 rings (SSSR count). The van der Waals surface area contributed by atoms with Gasteiger partial charge in [-0.15, -0.1) is 0 Å². The fourth-order valence-corrected chi connectivity index (χ4v) is 3.08. The van der Waals surface area contributed by atoms with E-state index in [0.29, 0.717) is 24.0 Å². The van der Waals surface area contributed by atoms with Crippen molar-refractivity contribution >= 4 is 0 Å². The van der Waals surface area contributed by atoms with Crippen LogP contribution in [0, 0.1) is 11.6 Å². The maximum atomic E-state index is 13.2. The second-order valence-electron chi connectivity index (χ2n) is 5.90. The Labute approximate surface area is 112 Å². The van der Waals surface area contributed by atoms with E-state index in [1.54, 1.807) is 6.07 Å². The molecule has 0 aromatic heterocycles. The van der Waals surface area contributed by atoms with E-state index in [4.69, 9.17) is 5.73 Å². The molecule has 2 atom stereocenters. The van der Waals surface area contributed by atoms with Gasteiger partial charge in [-0.3, -0.25) is 0 Å². The van der Waals surface area contributed by atoms with Crippen LogP contribution < -0.4 is 11.1 Å². The van der Waals surface area contributed by atoms with Crippen LogP contribution in [-0.2, 0) is 0 Å². The minimum atomic E-state index is -0.768. The Morgan fingerprint density at radius 2 is 1.79 bits per heavy atom. The lowest BCUT2D eigenvalue weighted by molar-refractivity contribution is 0.339. The highest BCUT2D eigenvalue weighted by Crippen LogP contribution is 2.42. The van der Waals surface area contributed by atoms with Crippen molar-refractivity contribution in [3.05, 3.63) is 35.4 Å². The predicted molar refractivity (Wildman–Crippen MR) is 70.9 cm³/mol. The number of benzene rings is 1. The molecule has 2 fully saturated rings. The molecular formula is C15H20F2N2. The van der Waals surface area contributed by atoms with Gasteiger partial charge < -0.3 is 11.1 Å². The molecule has 3 N–H and O–H groups in total. The first-order chi connectivity index (χ1) is 9.13. The topological polar surface area (TPSA) is 38.0 Å². The lowest BCUT2D eigenvalue weighted by Crippen LogP contribution is -2.38. The zero-order chi connectivity index (χ0) is 13.4. The van der Waals surface area contributed by atoms with Gasteiger partial charge in [-0.1, -0.05) is 6.07 Å². The van der Waals surface area contributed by atoms with Crippen LogP contribution in [0.3, 0.4) is 0 Å². The first-order valence-electron chi connectivity index (χ1n) is 7.10. The molecule has 0 radical (unpaired) electrons. The Balaban J connectivity index is 1.54. The van der Waals surface area contributed by atoms with Gasteiger partial charge in [0.15, 0.2) is 11.6 Å². The van der Waals surface area contributed by atoms with Crippen LogP contribution in [0.15, 0.2) is 18.2 Å². The summed E-state index contributed by atoms with van der Waals surface area (Å²) in [6.07, 6.45) is 5.44. The van der Waals surface area contributed by atoms with Crippen molar-refractivity contribution in [2.24, 2.45) is 5.73 Å². The van der Waals surface area contributed by atoms with E-state index in [1.165, 1.54) is 12.1 Å². The maximum absolute atomic E-state index is 13.2. The van der Waals surface area contributed by atoms with E-state index in [9.17, 15) is 8.78 Å². The summed E-state index contributed by atoms with van der Waals surface area (Å²) in [4.78, 5) is 0. The van der Waals surface area contributed by atoms with Crippen molar-refractivity contribution in [1.29, 1.82) is 0 Å². The highest BCUT2D eigenvalue weighted by molar-refractivity contribution is 5.29. The monoisotopic (exact) mass is 266 g/mol. The molecule has 0 amide bonds. The van der Waals surface area contributed by atoms with Crippen molar-refractivity contribution in [3.63, 3.8) is 0 Å². The summed E-state index contributed by atoms with van der Waals surface area (Å²) in [5, 5.41) is 3.62. The second-order valence-corrected chi connectivity index (χ2v) is 5.90. The third-order valence-electron chi connectivity index (χ3n) is 4.38. The molecule has 2 aliphatic carbocycles. The number of rotatable bonds is 3. The van der Waals surface area contributed by atoms with Crippen molar-refractivity contribution in [2.45, 2.75) is 56.1 Å². The predicted octanol–water partition coefficient (Wildman–Crippen LogP) is 2.68. The van der Waals surface area contributed by atoms with Crippen molar-refractivity contribution in [2.75, 3.05) is 0 Å². The van der Waals surface area contributed by atoms with Crippen LogP contribution in [0.5, 0.6) is 0 Å². The van der Waals surface area contributed by atoms with Crippen molar-refractivity contribution in [3.8, 4) is 0 Å². The Kier molecular flexibility index (Phi) is 3.54. The molecule has 19 heavy (non-hydrogen) atoms. The van der Waals surface area contributed by atoms with Gasteiger partial charge in [0.1, 0.15) is 0 Å². The standard InChI is InChI=1S/C15H20F2N2/c16-13-6-1-9(7-14(13)17)12-8-15(12)19-11-4-2-10(18)3-5-11/h1,6-7,10-12,15,19H,2-5,8,18H2/t10-,11+,12-,15+/m0/s1. The number of halogens is 2. The van der Waals surface area contributed by atoms with E-state index >= 15 is 0 Å². The fourth-order valence-electron chi connectivity index (χ4n) is 3.08. The van der Waals surface area contributed by atoms with E-state index in [2.05, 4.69) is 5.32 Å². The summed E-state index contributed by atoms with van der Waals surface area (Å²) in [5.41, 5.74) is 6.79. The van der Waals surface area contributed by atoms with Gasteiger partial charge in [0.05, 0.1) is 0 Å². The summed E-state index contributed by atoms with van der Waals surface area (Å²) in [7, 11) is 0. The lowest BCUT2D eigenvalue weighted by atomic mass is 9.92. The summed E-state index contributed by atoms with van der Waals surface area (Å²) in [6, 6.07) is 5.57. The van der Waals surface area contributed by atoms with Crippen LogP contribution in [0.2, 0.25) is 0 Å². The van der Waals surface area contributed by atoms with E-state index in [0.717, 1.165) is 37.7 Å². The highest BCUT2D eigenvalue weighted by atomic mass is 19.2. The third kappa shape index (κ3) is 2.95. The second kappa shape index (κ2) is 5.17. The first-order valence-corrected chi connectivity index (χ1v) is 7.10. The smallest absolute Gasteiger partial charge is 0.159 e. The summed E-state index contributed by atoms with van der Waals surface area (Å²) in [6.45, 7) is 0. The molecule has 0 heterocycles. The highest BCUT2D eigenvalue weighted by Gasteiger charge is 2.40. The van der Waals surface area contributed by atoms with E-state index < -0.39 is 11.6 Å². The van der Waals surface area contributed by atoms with Gasteiger partial charge in [0.2, 0.25) is 0 Å². The maximum Gasteiger partial charge on any atom is 0.159 e. The molecule has 0 aliphatic heterocycles. The van der Waals surface area contributed by atoms with Crippen LogP contribution in [0.1, 0.15) is 43.6 Å². The van der Waals surface area contributed by atoms with Gasteiger partial charge in [0.25, 0.3) is 0 Å².